The molecule has 1 aliphatic rings. The van der Waals surface area contributed by atoms with Gasteiger partial charge in [0.1, 0.15) is 11.5 Å². The molecule has 0 bridgehead atoms. The Morgan fingerprint density at radius 3 is 1.93 bits per heavy atom. The summed E-state index contributed by atoms with van der Waals surface area (Å²) < 4.78 is 33.0. The van der Waals surface area contributed by atoms with Crippen molar-refractivity contribution in [3.8, 4) is 11.5 Å². The Labute approximate surface area is 171 Å². The van der Waals surface area contributed by atoms with E-state index in [1.165, 1.54) is 4.31 Å². The van der Waals surface area contributed by atoms with Crippen LogP contribution in [0, 0.1) is 0 Å². The van der Waals surface area contributed by atoms with Gasteiger partial charge in [-0.25, -0.2) is 8.42 Å². The maximum absolute atomic E-state index is 12.8. The third-order valence-corrected chi connectivity index (χ3v) is 6.85. The van der Waals surface area contributed by atoms with Crippen LogP contribution in [0.2, 0.25) is 0 Å². The Bertz CT molecular complexity index is 1040. The average Bonchev–Trinajstić information content (AvgIpc) is 2.75. The lowest BCUT2D eigenvalue weighted by Gasteiger charge is -2.35. The molecule has 1 aliphatic heterocycles. The van der Waals surface area contributed by atoms with E-state index >= 15 is 0 Å². The molecule has 0 spiro atoms. The highest BCUT2D eigenvalue weighted by molar-refractivity contribution is 7.89. The van der Waals surface area contributed by atoms with Gasteiger partial charge in [0.05, 0.1) is 4.90 Å². The summed E-state index contributed by atoms with van der Waals surface area (Å²) in [5, 5.41) is 0. The molecule has 150 valence electrons. The monoisotopic (exact) mass is 409 g/mol. The Balaban J connectivity index is 1.38. The number of nitrogens with zero attached hydrogens (tertiary/aromatic N) is 2. The normalized spacial score (nSPS) is 15.2. The zero-order valence-electron chi connectivity index (χ0n) is 15.9. The van der Waals surface area contributed by atoms with Gasteiger partial charge >= 0.3 is 0 Å². The van der Waals surface area contributed by atoms with Crippen molar-refractivity contribution >= 4 is 21.4 Å². The summed E-state index contributed by atoms with van der Waals surface area (Å²) in [4.78, 5) is 2.46. The lowest BCUT2D eigenvalue weighted by molar-refractivity contribution is 0.385. The Kier molecular flexibility index (Phi) is 5.42. The van der Waals surface area contributed by atoms with E-state index in [0.717, 1.165) is 17.2 Å². The number of benzene rings is 3. The largest absolute Gasteiger partial charge is 0.457 e. The van der Waals surface area contributed by atoms with Crippen molar-refractivity contribution in [2.75, 3.05) is 36.8 Å². The molecule has 2 N–H and O–H groups in total. The molecular weight excluding hydrogens is 386 g/mol. The van der Waals surface area contributed by atoms with Crippen LogP contribution >= 0.6 is 0 Å². The van der Waals surface area contributed by atoms with Crippen molar-refractivity contribution in [1.29, 1.82) is 0 Å². The first-order valence-electron chi connectivity index (χ1n) is 9.46. The van der Waals surface area contributed by atoms with Gasteiger partial charge in [-0.3, -0.25) is 0 Å². The number of hydrogen-bond acceptors (Lipinski definition) is 5. The molecule has 1 saturated heterocycles. The number of piperazine rings is 1. The summed E-state index contributed by atoms with van der Waals surface area (Å²) in [6, 6.07) is 23.8. The standard InChI is InChI=1S/C22H23N3O3S/c23-18-6-12-22(13-7-18)29(26,27)25-16-14-24(15-17-25)19-8-10-21(11-9-19)28-20-4-2-1-3-5-20/h1-13H,14-17,23H2. The molecule has 4 rings (SSSR count). The lowest BCUT2D eigenvalue weighted by Crippen LogP contribution is -2.48. The van der Waals surface area contributed by atoms with Crippen LogP contribution in [0.25, 0.3) is 0 Å². The van der Waals surface area contributed by atoms with Gasteiger partial charge in [0.2, 0.25) is 10.0 Å². The highest BCUT2D eigenvalue weighted by Gasteiger charge is 2.28. The molecule has 0 atom stereocenters. The van der Waals surface area contributed by atoms with Gasteiger partial charge in [-0.1, -0.05) is 18.2 Å². The number of hydrogen-bond donors (Lipinski definition) is 1. The zero-order valence-corrected chi connectivity index (χ0v) is 16.8. The van der Waals surface area contributed by atoms with E-state index in [2.05, 4.69) is 4.90 Å². The number of rotatable bonds is 5. The second-order valence-corrected chi connectivity index (χ2v) is 8.81. The molecule has 29 heavy (non-hydrogen) atoms. The number of para-hydroxylation sites is 1. The van der Waals surface area contributed by atoms with Crippen molar-refractivity contribution < 1.29 is 13.2 Å². The smallest absolute Gasteiger partial charge is 0.243 e. The van der Waals surface area contributed by atoms with Crippen molar-refractivity contribution in [2.45, 2.75) is 4.90 Å². The molecule has 0 amide bonds. The van der Waals surface area contributed by atoms with Crippen LogP contribution in [0.3, 0.4) is 0 Å². The van der Waals surface area contributed by atoms with Crippen molar-refractivity contribution in [1.82, 2.24) is 4.31 Å². The number of ether oxygens (including phenoxy) is 1. The summed E-state index contributed by atoms with van der Waals surface area (Å²) in [5.41, 5.74) is 7.26. The van der Waals surface area contributed by atoms with Gasteiger partial charge in [0.15, 0.2) is 0 Å². The molecule has 0 aliphatic carbocycles. The quantitative estimate of drug-likeness (QED) is 0.652. The van der Waals surface area contributed by atoms with Gasteiger partial charge in [-0.05, 0) is 60.7 Å². The molecule has 1 heterocycles. The van der Waals surface area contributed by atoms with Gasteiger partial charge < -0.3 is 15.4 Å². The second kappa shape index (κ2) is 8.14. The van der Waals surface area contributed by atoms with Crippen LogP contribution < -0.4 is 15.4 Å². The summed E-state index contributed by atoms with van der Waals surface area (Å²) in [6.45, 7) is 2.14. The van der Waals surface area contributed by atoms with E-state index in [-0.39, 0.29) is 4.90 Å². The first kappa shape index (κ1) is 19.3. The molecule has 3 aromatic rings. The summed E-state index contributed by atoms with van der Waals surface area (Å²) in [5.74, 6) is 1.56. The molecule has 7 heteroatoms. The van der Waals surface area contributed by atoms with Crippen molar-refractivity contribution in [2.24, 2.45) is 0 Å². The van der Waals surface area contributed by atoms with Crippen LogP contribution in [0.1, 0.15) is 0 Å². The summed E-state index contributed by atoms with van der Waals surface area (Å²) >= 11 is 0. The molecule has 0 saturated carbocycles. The SMILES string of the molecule is Nc1ccc(S(=O)(=O)N2CCN(c3ccc(Oc4ccccc4)cc3)CC2)cc1. The van der Waals surface area contributed by atoms with Crippen molar-refractivity contribution in [3.63, 3.8) is 0 Å². The van der Waals surface area contributed by atoms with Crippen LogP contribution in [0.4, 0.5) is 11.4 Å². The number of nitrogens with two attached hydrogens (primary N) is 1. The maximum atomic E-state index is 12.8. The van der Waals surface area contributed by atoms with Gasteiger partial charge in [0, 0.05) is 37.6 Å². The number of sulfonamides is 1. The van der Waals surface area contributed by atoms with E-state index in [4.69, 9.17) is 10.5 Å². The van der Waals surface area contributed by atoms with Crippen LogP contribution in [0.15, 0.2) is 83.8 Å². The number of nitrogen functional groups attached to an aromatic ring is 1. The lowest BCUT2D eigenvalue weighted by atomic mass is 10.2. The zero-order chi connectivity index (χ0) is 20.3. The van der Waals surface area contributed by atoms with E-state index in [0.29, 0.717) is 31.9 Å². The minimum Gasteiger partial charge on any atom is -0.457 e. The molecule has 1 fully saturated rings. The molecule has 0 radical (unpaired) electrons. The van der Waals surface area contributed by atoms with Gasteiger partial charge in [-0.15, -0.1) is 0 Å². The summed E-state index contributed by atoms with van der Waals surface area (Å²) in [6.07, 6.45) is 0. The predicted octanol–water partition coefficient (Wildman–Crippen LogP) is 3.57. The second-order valence-electron chi connectivity index (χ2n) is 6.87. The third kappa shape index (κ3) is 4.36. The fraction of sp³-hybridized carbons (Fsp3) is 0.182. The molecule has 0 aromatic heterocycles. The number of anilines is 2. The molecular formula is C22H23N3O3S. The molecule has 6 nitrogen and oxygen atoms in total. The summed E-state index contributed by atoms with van der Waals surface area (Å²) in [7, 11) is -3.49. The highest BCUT2D eigenvalue weighted by atomic mass is 32.2. The first-order chi connectivity index (χ1) is 14.0. The van der Waals surface area contributed by atoms with E-state index < -0.39 is 10.0 Å². The minimum absolute atomic E-state index is 0.280. The maximum Gasteiger partial charge on any atom is 0.243 e. The first-order valence-corrected chi connectivity index (χ1v) is 10.9. The fourth-order valence-electron chi connectivity index (χ4n) is 3.33. The van der Waals surface area contributed by atoms with Gasteiger partial charge in [-0.2, -0.15) is 4.31 Å². The molecule has 3 aromatic carbocycles. The topological polar surface area (TPSA) is 75.9 Å². The Hall–Kier alpha value is -3.03. The van der Waals surface area contributed by atoms with Crippen LogP contribution in [0.5, 0.6) is 11.5 Å². The average molecular weight is 410 g/mol. The van der Waals surface area contributed by atoms with Gasteiger partial charge in [0.25, 0.3) is 0 Å². The predicted molar refractivity (Wildman–Crippen MR) is 115 cm³/mol. The van der Waals surface area contributed by atoms with E-state index in [9.17, 15) is 8.42 Å². The molecule has 0 unspecified atom stereocenters. The minimum atomic E-state index is -3.49. The van der Waals surface area contributed by atoms with Crippen LogP contribution in [-0.2, 0) is 10.0 Å². The van der Waals surface area contributed by atoms with E-state index in [1.807, 2.05) is 54.6 Å². The van der Waals surface area contributed by atoms with Crippen molar-refractivity contribution in [3.05, 3.63) is 78.9 Å². The van der Waals surface area contributed by atoms with Crippen LogP contribution in [-0.4, -0.2) is 38.9 Å². The Morgan fingerprint density at radius 1 is 0.724 bits per heavy atom. The van der Waals surface area contributed by atoms with E-state index in [1.54, 1.807) is 24.3 Å². The Morgan fingerprint density at radius 2 is 1.31 bits per heavy atom. The highest BCUT2D eigenvalue weighted by Crippen LogP contribution is 2.26. The fourth-order valence-corrected chi connectivity index (χ4v) is 4.75. The third-order valence-electron chi connectivity index (χ3n) is 4.94.